The zero-order valence-electron chi connectivity index (χ0n) is 16.4. The van der Waals surface area contributed by atoms with E-state index < -0.39 is 0 Å². The molecule has 0 aliphatic rings. The molecule has 3 rings (SSSR count). The highest BCUT2D eigenvalue weighted by Gasteiger charge is 2.15. The lowest BCUT2D eigenvalue weighted by Gasteiger charge is -2.07. The Morgan fingerprint density at radius 3 is 2.61 bits per heavy atom. The topological polar surface area (TPSA) is 55.1 Å². The second-order valence-electron chi connectivity index (χ2n) is 6.88. The van der Waals surface area contributed by atoms with Gasteiger partial charge in [0.05, 0.1) is 12.1 Å². The summed E-state index contributed by atoms with van der Waals surface area (Å²) in [6.45, 7) is 6.00. The van der Waals surface area contributed by atoms with Crippen LogP contribution in [0.4, 0.5) is 5.69 Å². The fourth-order valence-corrected chi connectivity index (χ4v) is 3.18. The van der Waals surface area contributed by atoms with Gasteiger partial charge in [-0.1, -0.05) is 49.0 Å². The van der Waals surface area contributed by atoms with Crippen LogP contribution in [0, 0.1) is 13.8 Å². The predicted molar refractivity (Wildman–Crippen MR) is 117 cm³/mol. The molecule has 0 saturated carbocycles. The first-order chi connectivity index (χ1) is 13.4. The van der Waals surface area contributed by atoms with Gasteiger partial charge in [0, 0.05) is 22.5 Å². The van der Waals surface area contributed by atoms with E-state index in [2.05, 4.69) is 17.2 Å². The summed E-state index contributed by atoms with van der Waals surface area (Å²) >= 11 is 5.44. The molecule has 3 aromatic rings. The van der Waals surface area contributed by atoms with Gasteiger partial charge >= 0.3 is 0 Å². The van der Waals surface area contributed by atoms with Crippen molar-refractivity contribution in [3.63, 3.8) is 0 Å². The minimum absolute atomic E-state index is 0.113. The molecule has 28 heavy (non-hydrogen) atoms. The van der Waals surface area contributed by atoms with Gasteiger partial charge in [-0.05, 0) is 50.1 Å². The Labute approximate surface area is 171 Å². The van der Waals surface area contributed by atoms with Crippen LogP contribution < -0.4 is 5.32 Å². The standard InChI is InChI=1S/C23H24N2O2S/c1-4-17-6-5-7-19(12-17)24-22(26)14-20(28)13-21-16(3)27-23(25-21)18-10-8-15(2)9-11-18/h5-12H,4,13-14H2,1-3H3,(H,24,26). The third-order valence-electron chi connectivity index (χ3n) is 4.53. The molecule has 144 valence electrons. The Morgan fingerprint density at radius 2 is 1.89 bits per heavy atom. The number of hydrogen-bond acceptors (Lipinski definition) is 4. The highest BCUT2D eigenvalue weighted by Crippen LogP contribution is 2.23. The van der Waals surface area contributed by atoms with E-state index in [1.807, 2.05) is 62.4 Å². The van der Waals surface area contributed by atoms with Crippen LogP contribution in [-0.4, -0.2) is 15.8 Å². The molecule has 0 radical (unpaired) electrons. The van der Waals surface area contributed by atoms with E-state index in [4.69, 9.17) is 16.6 Å². The van der Waals surface area contributed by atoms with Gasteiger partial charge in [0.25, 0.3) is 0 Å². The van der Waals surface area contributed by atoms with Gasteiger partial charge in [0.2, 0.25) is 11.8 Å². The summed E-state index contributed by atoms with van der Waals surface area (Å²) in [4.78, 5) is 17.5. The van der Waals surface area contributed by atoms with Crippen molar-refractivity contribution in [2.45, 2.75) is 40.0 Å². The normalized spacial score (nSPS) is 10.7. The summed E-state index contributed by atoms with van der Waals surface area (Å²) in [6, 6.07) is 15.9. The van der Waals surface area contributed by atoms with Crippen molar-refractivity contribution in [1.29, 1.82) is 0 Å². The zero-order chi connectivity index (χ0) is 20.1. The molecule has 1 heterocycles. The van der Waals surface area contributed by atoms with Crippen molar-refractivity contribution in [2.24, 2.45) is 0 Å². The maximum absolute atomic E-state index is 12.3. The quantitative estimate of drug-likeness (QED) is 0.542. The number of nitrogens with zero attached hydrogens (tertiary/aromatic N) is 1. The molecule has 0 aliphatic heterocycles. The number of rotatable bonds is 7. The van der Waals surface area contributed by atoms with Gasteiger partial charge in [0.1, 0.15) is 5.76 Å². The predicted octanol–water partition coefficient (Wildman–Crippen LogP) is 5.46. The molecule has 2 aromatic carbocycles. The third kappa shape index (κ3) is 5.14. The second-order valence-corrected chi connectivity index (χ2v) is 7.46. The Kier molecular flexibility index (Phi) is 6.37. The summed E-state index contributed by atoms with van der Waals surface area (Å²) in [5.74, 6) is 1.20. The summed E-state index contributed by atoms with van der Waals surface area (Å²) in [5, 5.41) is 2.91. The Balaban J connectivity index is 1.61. The van der Waals surface area contributed by atoms with Crippen molar-refractivity contribution in [2.75, 3.05) is 5.32 Å². The minimum Gasteiger partial charge on any atom is -0.441 e. The van der Waals surface area contributed by atoms with E-state index in [0.29, 0.717) is 17.2 Å². The van der Waals surface area contributed by atoms with Gasteiger partial charge < -0.3 is 9.73 Å². The van der Waals surface area contributed by atoms with Gasteiger partial charge in [0.15, 0.2) is 0 Å². The Morgan fingerprint density at radius 1 is 1.14 bits per heavy atom. The van der Waals surface area contributed by atoms with Gasteiger partial charge in [-0.2, -0.15) is 0 Å². The number of oxazole rings is 1. The summed E-state index contributed by atoms with van der Waals surface area (Å²) in [5.41, 5.74) is 4.87. The number of carbonyl (C=O) groups excluding carboxylic acids is 1. The number of nitrogens with one attached hydrogen (secondary N) is 1. The lowest BCUT2D eigenvalue weighted by Crippen LogP contribution is -2.17. The van der Waals surface area contributed by atoms with Crippen LogP contribution in [0.5, 0.6) is 0 Å². The number of thiocarbonyl (C=S) groups is 1. The van der Waals surface area contributed by atoms with Gasteiger partial charge in [-0.25, -0.2) is 4.98 Å². The first kappa shape index (κ1) is 20.0. The van der Waals surface area contributed by atoms with E-state index in [0.717, 1.165) is 29.1 Å². The van der Waals surface area contributed by atoms with Crippen LogP contribution in [0.25, 0.3) is 11.5 Å². The van der Waals surface area contributed by atoms with Crippen LogP contribution in [0.3, 0.4) is 0 Å². The average molecular weight is 393 g/mol. The largest absolute Gasteiger partial charge is 0.441 e. The van der Waals surface area contributed by atoms with Crippen molar-refractivity contribution in [3.8, 4) is 11.5 Å². The molecular formula is C23H24N2O2S. The molecule has 1 amide bonds. The first-order valence-electron chi connectivity index (χ1n) is 9.38. The molecular weight excluding hydrogens is 368 g/mol. The molecule has 0 spiro atoms. The van der Waals surface area contributed by atoms with Crippen LogP contribution >= 0.6 is 12.2 Å². The van der Waals surface area contributed by atoms with E-state index in [1.165, 1.54) is 11.1 Å². The highest BCUT2D eigenvalue weighted by molar-refractivity contribution is 7.80. The molecule has 0 fully saturated rings. The summed E-state index contributed by atoms with van der Waals surface area (Å²) in [6.07, 6.45) is 1.55. The summed E-state index contributed by atoms with van der Waals surface area (Å²) < 4.78 is 5.80. The number of hydrogen-bond donors (Lipinski definition) is 1. The Bertz CT molecular complexity index is 990. The molecule has 4 nitrogen and oxygen atoms in total. The number of aryl methyl sites for hydroxylation is 3. The number of anilines is 1. The van der Waals surface area contributed by atoms with E-state index in [1.54, 1.807) is 0 Å². The smallest absolute Gasteiger partial charge is 0.229 e. The molecule has 1 aromatic heterocycles. The molecule has 0 bridgehead atoms. The van der Waals surface area contributed by atoms with Crippen molar-refractivity contribution < 1.29 is 9.21 Å². The third-order valence-corrected chi connectivity index (χ3v) is 4.82. The van der Waals surface area contributed by atoms with E-state index >= 15 is 0 Å². The zero-order valence-corrected chi connectivity index (χ0v) is 17.2. The maximum atomic E-state index is 12.3. The SMILES string of the molecule is CCc1cccc(NC(=O)CC(=S)Cc2nc(-c3ccc(C)cc3)oc2C)c1. The van der Waals surface area contributed by atoms with Crippen LogP contribution in [0.1, 0.15) is 35.9 Å². The molecule has 0 aliphatic carbocycles. The van der Waals surface area contributed by atoms with Crippen molar-refractivity contribution >= 4 is 28.7 Å². The molecule has 0 saturated heterocycles. The highest BCUT2D eigenvalue weighted by atomic mass is 32.1. The fraction of sp³-hybridized carbons (Fsp3) is 0.261. The van der Waals surface area contributed by atoms with Crippen LogP contribution in [0.15, 0.2) is 52.9 Å². The molecule has 0 unspecified atom stereocenters. The van der Waals surface area contributed by atoms with Gasteiger partial charge in [-0.3, -0.25) is 4.79 Å². The molecule has 1 N–H and O–H groups in total. The van der Waals surface area contributed by atoms with E-state index in [-0.39, 0.29) is 12.3 Å². The summed E-state index contributed by atoms with van der Waals surface area (Å²) in [7, 11) is 0. The second kappa shape index (κ2) is 8.93. The van der Waals surface area contributed by atoms with E-state index in [9.17, 15) is 4.79 Å². The maximum Gasteiger partial charge on any atom is 0.229 e. The minimum atomic E-state index is -0.113. The molecule has 5 heteroatoms. The van der Waals surface area contributed by atoms with Crippen LogP contribution in [0.2, 0.25) is 0 Å². The van der Waals surface area contributed by atoms with Gasteiger partial charge in [-0.15, -0.1) is 0 Å². The number of benzene rings is 2. The van der Waals surface area contributed by atoms with Crippen molar-refractivity contribution in [3.05, 3.63) is 71.1 Å². The van der Waals surface area contributed by atoms with Crippen LogP contribution in [-0.2, 0) is 17.6 Å². The average Bonchev–Trinajstić information content (AvgIpc) is 3.02. The lowest BCUT2D eigenvalue weighted by atomic mass is 10.1. The molecule has 0 atom stereocenters. The number of carbonyl (C=O) groups is 1. The number of aromatic nitrogens is 1. The van der Waals surface area contributed by atoms with Crippen molar-refractivity contribution in [1.82, 2.24) is 4.98 Å². The first-order valence-corrected chi connectivity index (χ1v) is 9.79. The monoisotopic (exact) mass is 392 g/mol. The Hall–Kier alpha value is -2.79. The lowest BCUT2D eigenvalue weighted by molar-refractivity contribution is -0.115. The number of amides is 1. The fourth-order valence-electron chi connectivity index (χ4n) is 2.91.